The van der Waals surface area contributed by atoms with Crippen molar-refractivity contribution in [3.8, 4) is 6.07 Å². The molecule has 0 saturated heterocycles. The first kappa shape index (κ1) is 18.6. The fourth-order valence-corrected chi connectivity index (χ4v) is 2.47. The summed E-state index contributed by atoms with van der Waals surface area (Å²) >= 11 is 0. The quantitative estimate of drug-likeness (QED) is 0.808. The normalized spacial score (nSPS) is 11.6. The van der Waals surface area contributed by atoms with Crippen LogP contribution in [-0.4, -0.2) is 30.2 Å². The maximum absolute atomic E-state index is 12.5. The van der Waals surface area contributed by atoms with Gasteiger partial charge in [-0.15, -0.1) is 0 Å². The number of para-hydroxylation sites is 1. The van der Waals surface area contributed by atoms with E-state index in [4.69, 9.17) is 4.42 Å². The Bertz CT molecular complexity index is 762. The molecule has 25 heavy (non-hydrogen) atoms. The summed E-state index contributed by atoms with van der Waals surface area (Å²) in [6.45, 7) is 5.81. The minimum atomic E-state index is -0.532. The summed E-state index contributed by atoms with van der Waals surface area (Å²) in [6, 6.07) is 11.5. The topological polar surface area (TPSA) is 89.5 Å². The molecule has 1 amide bonds. The van der Waals surface area contributed by atoms with Crippen molar-refractivity contribution >= 4 is 17.5 Å². The Balaban J connectivity index is 2.14. The number of amides is 1. The van der Waals surface area contributed by atoms with Crippen LogP contribution in [0.15, 0.2) is 34.7 Å². The van der Waals surface area contributed by atoms with E-state index >= 15 is 0 Å². The van der Waals surface area contributed by atoms with Gasteiger partial charge in [-0.3, -0.25) is 10.1 Å². The van der Waals surface area contributed by atoms with E-state index in [0.29, 0.717) is 24.3 Å². The molecule has 1 heterocycles. The summed E-state index contributed by atoms with van der Waals surface area (Å²) in [5.74, 6) is 0.470. The Morgan fingerprint density at radius 3 is 2.64 bits per heavy atom. The van der Waals surface area contributed by atoms with E-state index in [-0.39, 0.29) is 18.3 Å². The lowest BCUT2D eigenvalue weighted by molar-refractivity contribution is -0.115. The molecule has 6 heteroatoms. The lowest BCUT2D eigenvalue weighted by Crippen LogP contribution is -2.38. The van der Waals surface area contributed by atoms with E-state index < -0.39 is 6.10 Å². The summed E-state index contributed by atoms with van der Waals surface area (Å²) in [4.78, 5) is 14.3. The van der Waals surface area contributed by atoms with E-state index in [9.17, 15) is 15.2 Å². The molecule has 2 N–H and O–H groups in total. The summed E-state index contributed by atoms with van der Waals surface area (Å²) in [7, 11) is 0. The van der Waals surface area contributed by atoms with Crippen molar-refractivity contribution in [3.63, 3.8) is 0 Å². The number of carbonyl (C=O) groups excluding carboxylic acids is 1. The Morgan fingerprint density at radius 1 is 1.36 bits per heavy atom. The van der Waals surface area contributed by atoms with Crippen LogP contribution in [-0.2, 0) is 4.79 Å². The third-order valence-corrected chi connectivity index (χ3v) is 4.11. The average molecular weight is 341 g/mol. The number of hydrogen-bond acceptors (Lipinski definition) is 5. The molecule has 2 aromatic rings. The highest BCUT2D eigenvalue weighted by Gasteiger charge is 2.19. The van der Waals surface area contributed by atoms with Gasteiger partial charge in [0.25, 0.3) is 0 Å². The third kappa shape index (κ3) is 4.61. The number of rotatable bonds is 7. The van der Waals surface area contributed by atoms with Crippen LogP contribution in [0.2, 0.25) is 0 Å². The number of aliphatic hydroxyl groups excluding tert-OH is 1. The number of nitrogens with one attached hydrogen (secondary N) is 1. The van der Waals surface area contributed by atoms with Crippen LogP contribution in [0.3, 0.4) is 0 Å². The first-order chi connectivity index (χ1) is 12.0. The molecule has 1 atom stereocenters. The van der Waals surface area contributed by atoms with Gasteiger partial charge in [-0.25, -0.2) is 0 Å². The van der Waals surface area contributed by atoms with Gasteiger partial charge in [-0.05, 0) is 32.4 Å². The zero-order valence-corrected chi connectivity index (χ0v) is 14.7. The number of aryl methyl sites for hydroxylation is 1. The van der Waals surface area contributed by atoms with Gasteiger partial charge in [0.1, 0.15) is 17.4 Å². The summed E-state index contributed by atoms with van der Waals surface area (Å²) in [6.07, 6.45) is 0.0656. The Hall–Kier alpha value is -2.78. The van der Waals surface area contributed by atoms with Gasteiger partial charge in [0.2, 0.25) is 11.8 Å². The predicted octanol–water partition coefficient (Wildman–Crippen LogP) is 2.98. The maximum Gasteiger partial charge on any atom is 0.246 e. The summed E-state index contributed by atoms with van der Waals surface area (Å²) in [5.41, 5.74) is 1.90. The maximum atomic E-state index is 12.5. The highest BCUT2D eigenvalue weighted by molar-refractivity contribution is 5.94. The number of nitrogens with zero attached hydrogens (tertiary/aromatic N) is 2. The standard InChI is InChI=1S/C19H23N3O3/c1-4-16(23)11-22(15-8-6-5-7-9-15)12-18(24)21-19-17(10-20)13(2)14(3)25-19/h5-9,16,23H,4,11-12H2,1-3H3,(H,21,24). The number of benzene rings is 1. The molecule has 1 aromatic heterocycles. The van der Waals surface area contributed by atoms with Gasteiger partial charge in [-0.2, -0.15) is 5.26 Å². The number of hydrogen-bond donors (Lipinski definition) is 2. The van der Waals surface area contributed by atoms with E-state index in [2.05, 4.69) is 11.4 Å². The zero-order valence-electron chi connectivity index (χ0n) is 14.7. The van der Waals surface area contributed by atoms with E-state index in [1.54, 1.807) is 18.7 Å². The van der Waals surface area contributed by atoms with Gasteiger partial charge in [0.05, 0.1) is 12.6 Å². The van der Waals surface area contributed by atoms with E-state index in [0.717, 1.165) is 11.3 Å². The Kier molecular flexibility index (Phi) is 6.20. The van der Waals surface area contributed by atoms with Crippen LogP contribution < -0.4 is 10.2 Å². The lowest BCUT2D eigenvalue weighted by atomic mass is 10.2. The summed E-state index contributed by atoms with van der Waals surface area (Å²) in [5, 5.41) is 21.9. The Labute approximate surface area is 147 Å². The molecule has 0 radical (unpaired) electrons. The highest BCUT2D eigenvalue weighted by Crippen LogP contribution is 2.25. The molecule has 1 aromatic carbocycles. The molecule has 132 valence electrons. The molecule has 0 aliphatic heterocycles. The molecule has 0 aliphatic rings. The third-order valence-electron chi connectivity index (χ3n) is 4.11. The second-order valence-electron chi connectivity index (χ2n) is 5.93. The van der Waals surface area contributed by atoms with E-state index in [1.165, 1.54) is 0 Å². The fraction of sp³-hybridized carbons (Fsp3) is 0.368. The second kappa shape index (κ2) is 8.36. The second-order valence-corrected chi connectivity index (χ2v) is 5.93. The molecule has 0 saturated carbocycles. The number of nitriles is 1. The SMILES string of the molecule is CCC(O)CN(CC(=O)Nc1oc(C)c(C)c1C#N)c1ccccc1. The molecule has 0 fully saturated rings. The van der Waals surface area contributed by atoms with Gasteiger partial charge in [0, 0.05) is 17.8 Å². The van der Waals surface area contributed by atoms with Crippen LogP contribution in [0, 0.1) is 25.2 Å². The van der Waals surface area contributed by atoms with Crippen LogP contribution in [0.1, 0.15) is 30.2 Å². The number of anilines is 2. The molecule has 0 aliphatic carbocycles. The molecule has 0 bridgehead atoms. The molecular weight excluding hydrogens is 318 g/mol. The fourth-order valence-electron chi connectivity index (χ4n) is 2.47. The number of furan rings is 1. The minimum absolute atomic E-state index is 0.0464. The first-order valence-electron chi connectivity index (χ1n) is 8.24. The van der Waals surface area contributed by atoms with Crippen LogP contribution in [0.25, 0.3) is 0 Å². The van der Waals surface area contributed by atoms with Crippen molar-refractivity contribution in [1.82, 2.24) is 0 Å². The van der Waals surface area contributed by atoms with Crippen molar-refractivity contribution in [1.29, 1.82) is 5.26 Å². The molecule has 1 unspecified atom stereocenters. The molecular formula is C19H23N3O3. The lowest BCUT2D eigenvalue weighted by Gasteiger charge is -2.26. The number of aliphatic hydroxyl groups is 1. The van der Waals surface area contributed by atoms with Gasteiger partial charge >= 0.3 is 0 Å². The van der Waals surface area contributed by atoms with Crippen LogP contribution >= 0.6 is 0 Å². The van der Waals surface area contributed by atoms with E-state index in [1.807, 2.05) is 37.3 Å². The van der Waals surface area contributed by atoms with Crippen LogP contribution in [0.5, 0.6) is 0 Å². The van der Waals surface area contributed by atoms with Crippen molar-refractivity contribution in [2.24, 2.45) is 0 Å². The zero-order chi connectivity index (χ0) is 18.4. The average Bonchev–Trinajstić information content (AvgIpc) is 2.88. The van der Waals surface area contributed by atoms with Crippen molar-refractivity contribution < 1.29 is 14.3 Å². The summed E-state index contributed by atoms with van der Waals surface area (Å²) < 4.78 is 5.47. The minimum Gasteiger partial charge on any atom is -0.444 e. The number of carbonyl (C=O) groups is 1. The molecule has 6 nitrogen and oxygen atoms in total. The monoisotopic (exact) mass is 341 g/mol. The van der Waals surface area contributed by atoms with Crippen molar-refractivity contribution in [2.45, 2.75) is 33.3 Å². The van der Waals surface area contributed by atoms with Crippen LogP contribution in [0.4, 0.5) is 11.6 Å². The van der Waals surface area contributed by atoms with Gasteiger partial charge in [-0.1, -0.05) is 25.1 Å². The molecule has 2 rings (SSSR count). The largest absolute Gasteiger partial charge is 0.444 e. The smallest absolute Gasteiger partial charge is 0.246 e. The van der Waals surface area contributed by atoms with Gasteiger partial charge in [0.15, 0.2) is 0 Å². The molecule has 0 spiro atoms. The highest BCUT2D eigenvalue weighted by atomic mass is 16.4. The van der Waals surface area contributed by atoms with Crippen molar-refractivity contribution in [2.75, 3.05) is 23.3 Å². The first-order valence-corrected chi connectivity index (χ1v) is 8.24. The van der Waals surface area contributed by atoms with Gasteiger partial charge < -0.3 is 14.4 Å². The predicted molar refractivity (Wildman–Crippen MR) is 96.5 cm³/mol. The Morgan fingerprint density at radius 2 is 2.04 bits per heavy atom. The van der Waals surface area contributed by atoms with Crippen molar-refractivity contribution in [3.05, 3.63) is 47.2 Å².